The van der Waals surface area contributed by atoms with Gasteiger partial charge in [0.1, 0.15) is 0 Å². The Balaban J connectivity index is 2.21. The summed E-state index contributed by atoms with van der Waals surface area (Å²) in [6, 6.07) is 0. The van der Waals surface area contributed by atoms with Gasteiger partial charge in [0, 0.05) is 5.25 Å². The molecule has 3 N–H and O–H groups in total. The molecule has 1 aliphatic rings. The summed E-state index contributed by atoms with van der Waals surface area (Å²) in [7, 11) is 0. The van der Waals surface area contributed by atoms with Crippen LogP contribution in [0.3, 0.4) is 0 Å². The van der Waals surface area contributed by atoms with E-state index in [4.69, 9.17) is 5.73 Å². The molecule has 1 atom stereocenters. The maximum Gasteiger partial charge on any atom is 0.0742 e. The molecule has 1 aromatic heterocycles. The van der Waals surface area contributed by atoms with Gasteiger partial charge in [-0.25, -0.2) is 0 Å². The molecule has 3 nitrogen and oxygen atoms in total. The predicted octanol–water partition coefficient (Wildman–Crippen LogP) is 1.56. The second kappa shape index (κ2) is 2.77. The fourth-order valence-electron chi connectivity index (χ4n) is 1.37. The van der Waals surface area contributed by atoms with E-state index >= 15 is 0 Å². The fourth-order valence-corrected chi connectivity index (χ4v) is 2.68. The van der Waals surface area contributed by atoms with Gasteiger partial charge in [-0.05, 0) is 18.6 Å². The summed E-state index contributed by atoms with van der Waals surface area (Å²) < 4.78 is 0. The Hall–Kier alpha value is -0.640. The Kier molecular flexibility index (Phi) is 1.77. The summed E-state index contributed by atoms with van der Waals surface area (Å²) in [4.78, 5) is 0. The van der Waals surface area contributed by atoms with Gasteiger partial charge in [0.25, 0.3) is 0 Å². The number of hydrogen-bond donors (Lipinski definition) is 2. The largest absolute Gasteiger partial charge is 0.396 e. The van der Waals surface area contributed by atoms with Crippen molar-refractivity contribution in [2.24, 2.45) is 0 Å². The van der Waals surface area contributed by atoms with E-state index in [2.05, 4.69) is 10.2 Å². The molecular formula is C7H11N3S. The van der Waals surface area contributed by atoms with Crippen LogP contribution in [0.15, 0.2) is 6.20 Å². The van der Waals surface area contributed by atoms with E-state index in [1.165, 1.54) is 18.6 Å². The number of rotatable bonds is 1. The average molecular weight is 169 g/mol. The molecule has 1 saturated heterocycles. The number of H-pyrrole nitrogens is 1. The van der Waals surface area contributed by atoms with Crippen LogP contribution in [0.5, 0.6) is 0 Å². The summed E-state index contributed by atoms with van der Waals surface area (Å²) >= 11 is 1.96. The number of aromatic amines is 1. The highest BCUT2D eigenvalue weighted by molar-refractivity contribution is 7.99. The van der Waals surface area contributed by atoms with Crippen molar-refractivity contribution in [3.05, 3.63) is 11.9 Å². The Morgan fingerprint density at radius 3 is 3.18 bits per heavy atom. The summed E-state index contributed by atoms with van der Waals surface area (Å²) in [5.74, 6) is 1.25. The topological polar surface area (TPSA) is 54.7 Å². The highest BCUT2D eigenvalue weighted by Gasteiger charge is 2.20. The van der Waals surface area contributed by atoms with Crippen LogP contribution in [-0.2, 0) is 0 Å². The zero-order valence-electron chi connectivity index (χ0n) is 6.21. The Bertz CT molecular complexity index is 240. The first-order valence-corrected chi connectivity index (χ1v) is 4.83. The predicted molar refractivity (Wildman–Crippen MR) is 47.4 cm³/mol. The van der Waals surface area contributed by atoms with Crippen LogP contribution in [0, 0.1) is 0 Å². The Morgan fingerprint density at radius 2 is 2.64 bits per heavy atom. The molecule has 0 aromatic carbocycles. The molecule has 0 radical (unpaired) electrons. The first kappa shape index (κ1) is 7.03. The molecule has 1 fully saturated rings. The van der Waals surface area contributed by atoms with Crippen molar-refractivity contribution in [3.63, 3.8) is 0 Å². The van der Waals surface area contributed by atoms with Gasteiger partial charge in [0.05, 0.1) is 17.6 Å². The molecular weight excluding hydrogens is 158 g/mol. The van der Waals surface area contributed by atoms with E-state index in [-0.39, 0.29) is 0 Å². The molecule has 4 heteroatoms. The summed E-state index contributed by atoms with van der Waals surface area (Å²) in [6.45, 7) is 0. The number of aromatic nitrogens is 2. The summed E-state index contributed by atoms with van der Waals surface area (Å²) in [6.07, 6.45) is 4.22. The third-order valence-electron chi connectivity index (χ3n) is 1.95. The highest BCUT2D eigenvalue weighted by atomic mass is 32.2. The van der Waals surface area contributed by atoms with Crippen LogP contribution in [0.2, 0.25) is 0 Å². The second-order valence-electron chi connectivity index (χ2n) is 2.74. The van der Waals surface area contributed by atoms with E-state index < -0.39 is 0 Å². The van der Waals surface area contributed by atoms with Gasteiger partial charge in [0.2, 0.25) is 0 Å². The Labute approximate surface area is 69.7 Å². The van der Waals surface area contributed by atoms with E-state index in [0.717, 1.165) is 11.4 Å². The minimum Gasteiger partial charge on any atom is -0.396 e. The van der Waals surface area contributed by atoms with Crippen LogP contribution in [0.1, 0.15) is 23.8 Å². The van der Waals surface area contributed by atoms with Crippen molar-refractivity contribution in [3.8, 4) is 0 Å². The van der Waals surface area contributed by atoms with Crippen molar-refractivity contribution in [1.82, 2.24) is 10.2 Å². The van der Waals surface area contributed by atoms with Crippen LogP contribution in [-0.4, -0.2) is 16.0 Å². The minimum atomic E-state index is 0.567. The zero-order chi connectivity index (χ0) is 7.68. The van der Waals surface area contributed by atoms with E-state index in [1.54, 1.807) is 6.20 Å². The molecule has 2 rings (SSSR count). The highest BCUT2D eigenvalue weighted by Crippen LogP contribution is 2.40. The molecule has 0 amide bonds. The van der Waals surface area contributed by atoms with Crippen molar-refractivity contribution < 1.29 is 0 Å². The quantitative estimate of drug-likeness (QED) is 0.670. The number of nitrogens with zero attached hydrogens (tertiary/aromatic N) is 1. The monoisotopic (exact) mass is 169 g/mol. The van der Waals surface area contributed by atoms with Gasteiger partial charge < -0.3 is 5.73 Å². The van der Waals surface area contributed by atoms with Crippen LogP contribution < -0.4 is 5.73 Å². The lowest BCUT2D eigenvalue weighted by Gasteiger charge is -2.05. The first-order valence-electron chi connectivity index (χ1n) is 3.78. The van der Waals surface area contributed by atoms with E-state index in [9.17, 15) is 0 Å². The third-order valence-corrected chi connectivity index (χ3v) is 3.35. The van der Waals surface area contributed by atoms with E-state index in [1.807, 2.05) is 11.8 Å². The third kappa shape index (κ3) is 1.22. The van der Waals surface area contributed by atoms with E-state index in [0.29, 0.717) is 5.25 Å². The smallest absolute Gasteiger partial charge is 0.0742 e. The Morgan fingerprint density at radius 1 is 1.73 bits per heavy atom. The van der Waals surface area contributed by atoms with Gasteiger partial charge >= 0.3 is 0 Å². The maximum absolute atomic E-state index is 5.71. The number of nitrogen functional groups attached to an aromatic ring is 1. The van der Waals surface area contributed by atoms with Crippen molar-refractivity contribution in [1.29, 1.82) is 0 Å². The van der Waals surface area contributed by atoms with Crippen LogP contribution in [0.25, 0.3) is 0 Å². The average Bonchev–Trinajstić information content (AvgIpc) is 2.55. The van der Waals surface area contributed by atoms with Gasteiger partial charge in [-0.1, -0.05) is 0 Å². The number of thioether (sulfide) groups is 1. The van der Waals surface area contributed by atoms with Crippen LogP contribution >= 0.6 is 11.8 Å². The standard InChI is InChI=1S/C7H11N3S/c8-5-4-9-10-7(5)6-2-1-3-11-6/h4,6H,1-3,8H2,(H,9,10). The van der Waals surface area contributed by atoms with Gasteiger partial charge in [-0.3, -0.25) is 5.10 Å². The minimum absolute atomic E-state index is 0.567. The van der Waals surface area contributed by atoms with Crippen molar-refractivity contribution in [2.45, 2.75) is 18.1 Å². The lowest BCUT2D eigenvalue weighted by molar-refractivity contribution is 0.801. The molecule has 0 aliphatic carbocycles. The molecule has 0 spiro atoms. The molecule has 11 heavy (non-hydrogen) atoms. The fraction of sp³-hybridized carbons (Fsp3) is 0.571. The first-order chi connectivity index (χ1) is 5.38. The van der Waals surface area contributed by atoms with Crippen molar-refractivity contribution >= 4 is 17.4 Å². The zero-order valence-corrected chi connectivity index (χ0v) is 7.03. The molecule has 0 saturated carbocycles. The maximum atomic E-state index is 5.71. The van der Waals surface area contributed by atoms with Gasteiger partial charge in [-0.15, -0.1) is 0 Å². The van der Waals surface area contributed by atoms with Crippen LogP contribution in [0.4, 0.5) is 5.69 Å². The second-order valence-corrected chi connectivity index (χ2v) is 4.05. The lowest BCUT2D eigenvalue weighted by atomic mass is 10.2. The summed E-state index contributed by atoms with van der Waals surface area (Å²) in [5.41, 5.74) is 7.64. The van der Waals surface area contributed by atoms with Gasteiger partial charge in [-0.2, -0.15) is 16.9 Å². The number of hydrogen-bond acceptors (Lipinski definition) is 3. The molecule has 1 aromatic rings. The number of anilines is 1. The molecule has 1 unspecified atom stereocenters. The van der Waals surface area contributed by atoms with Crippen molar-refractivity contribution in [2.75, 3.05) is 11.5 Å². The molecule has 0 bridgehead atoms. The SMILES string of the molecule is Nc1cn[nH]c1C1CCCS1. The normalized spacial score (nSPS) is 24.2. The lowest BCUT2D eigenvalue weighted by Crippen LogP contribution is -1.94. The molecule has 2 heterocycles. The van der Waals surface area contributed by atoms with Gasteiger partial charge in [0.15, 0.2) is 0 Å². The number of nitrogens with one attached hydrogen (secondary N) is 1. The molecule has 60 valence electrons. The number of nitrogens with two attached hydrogens (primary N) is 1. The summed E-state index contributed by atoms with van der Waals surface area (Å²) in [5, 5.41) is 7.42. The molecule has 1 aliphatic heterocycles.